The number of nitro benzene ring substituents is 1. The van der Waals surface area contributed by atoms with Crippen molar-refractivity contribution in [3.63, 3.8) is 0 Å². The minimum atomic E-state index is -4.71. The van der Waals surface area contributed by atoms with Crippen LogP contribution in [0.15, 0.2) is 16.6 Å². The Morgan fingerprint density at radius 2 is 1.93 bits per heavy atom. The fourth-order valence-corrected chi connectivity index (χ4v) is 1.39. The van der Waals surface area contributed by atoms with Crippen molar-refractivity contribution in [3.05, 3.63) is 32.3 Å². The molecule has 0 aliphatic carbocycles. The van der Waals surface area contributed by atoms with E-state index in [1.165, 1.54) is 0 Å². The second-order valence-corrected chi connectivity index (χ2v) is 3.50. The molecule has 4 nitrogen and oxygen atoms in total. The molecule has 1 aromatic carbocycles. The second kappa shape index (κ2) is 3.69. The maximum Gasteiger partial charge on any atom is 0.418 e. The van der Waals surface area contributed by atoms with Crippen molar-refractivity contribution in [1.82, 2.24) is 0 Å². The highest BCUT2D eigenvalue weighted by atomic mass is 79.9. The summed E-state index contributed by atoms with van der Waals surface area (Å²) in [5, 5.41) is 10.3. The van der Waals surface area contributed by atoms with Crippen molar-refractivity contribution < 1.29 is 18.1 Å². The smallest absolute Gasteiger partial charge is 0.397 e. The summed E-state index contributed by atoms with van der Waals surface area (Å²) >= 11 is 2.73. The molecule has 0 aromatic heterocycles. The molecule has 0 amide bonds. The lowest BCUT2D eigenvalue weighted by Crippen LogP contribution is -2.10. The molecule has 0 bridgehead atoms. The Morgan fingerprint density at radius 3 is 2.33 bits per heavy atom. The molecular weight excluding hydrogens is 281 g/mol. The number of nitrogens with two attached hydrogens (primary N) is 1. The molecule has 1 rings (SSSR count). The third-order valence-electron chi connectivity index (χ3n) is 1.63. The van der Waals surface area contributed by atoms with Crippen molar-refractivity contribution >= 4 is 27.3 Å². The fourth-order valence-electron chi connectivity index (χ4n) is 0.943. The summed E-state index contributed by atoms with van der Waals surface area (Å²) in [6, 6.07) is 1.32. The molecule has 0 spiro atoms. The normalized spacial score (nSPS) is 11.5. The van der Waals surface area contributed by atoms with E-state index in [-0.39, 0.29) is 4.47 Å². The summed E-state index contributed by atoms with van der Waals surface area (Å²) in [6.45, 7) is 0. The molecule has 15 heavy (non-hydrogen) atoms. The third-order valence-corrected chi connectivity index (χ3v) is 2.29. The van der Waals surface area contributed by atoms with E-state index < -0.39 is 28.0 Å². The predicted molar refractivity (Wildman–Crippen MR) is 50.2 cm³/mol. The Balaban J connectivity index is 3.45. The van der Waals surface area contributed by atoms with Gasteiger partial charge < -0.3 is 5.73 Å². The zero-order chi connectivity index (χ0) is 11.8. The molecule has 2 N–H and O–H groups in total. The molecule has 0 radical (unpaired) electrons. The lowest BCUT2D eigenvalue weighted by molar-refractivity contribution is -0.385. The van der Waals surface area contributed by atoms with E-state index in [1.807, 2.05) is 0 Å². The highest BCUT2D eigenvalue weighted by Crippen LogP contribution is 2.39. The van der Waals surface area contributed by atoms with Crippen LogP contribution < -0.4 is 5.73 Å². The quantitative estimate of drug-likeness (QED) is 0.490. The number of non-ortho nitro benzene ring substituents is 1. The van der Waals surface area contributed by atoms with Gasteiger partial charge in [-0.3, -0.25) is 10.1 Å². The van der Waals surface area contributed by atoms with Crippen LogP contribution in [-0.2, 0) is 6.18 Å². The summed E-state index contributed by atoms with van der Waals surface area (Å²) in [6.07, 6.45) is -4.71. The molecule has 0 fully saturated rings. The van der Waals surface area contributed by atoms with Crippen LogP contribution in [0.3, 0.4) is 0 Å². The summed E-state index contributed by atoms with van der Waals surface area (Å²) < 4.78 is 36.9. The van der Waals surface area contributed by atoms with Gasteiger partial charge in [0, 0.05) is 16.6 Å². The Hall–Kier alpha value is -1.31. The molecule has 0 heterocycles. The number of rotatable bonds is 1. The second-order valence-electron chi connectivity index (χ2n) is 2.64. The van der Waals surface area contributed by atoms with Crippen LogP contribution in [0.4, 0.5) is 24.5 Å². The van der Waals surface area contributed by atoms with E-state index in [1.54, 1.807) is 0 Å². The van der Waals surface area contributed by atoms with Gasteiger partial charge in [0.2, 0.25) is 0 Å². The molecule has 82 valence electrons. The minimum absolute atomic E-state index is 0.149. The summed E-state index contributed by atoms with van der Waals surface area (Å²) in [4.78, 5) is 9.40. The highest BCUT2D eigenvalue weighted by Gasteiger charge is 2.35. The molecule has 1 aromatic rings. The number of hydrogen-bond acceptors (Lipinski definition) is 3. The van der Waals surface area contributed by atoms with Crippen LogP contribution in [0.5, 0.6) is 0 Å². The number of nitrogens with zero attached hydrogens (tertiary/aromatic N) is 1. The van der Waals surface area contributed by atoms with Gasteiger partial charge in [-0.25, -0.2) is 0 Å². The number of nitro groups is 1. The third kappa shape index (κ3) is 2.38. The lowest BCUT2D eigenvalue weighted by atomic mass is 10.1. The average molecular weight is 285 g/mol. The molecule has 0 aliphatic rings. The van der Waals surface area contributed by atoms with E-state index in [2.05, 4.69) is 15.9 Å². The van der Waals surface area contributed by atoms with Crippen molar-refractivity contribution in [2.45, 2.75) is 6.18 Å². The Morgan fingerprint density at radius 1 is 1.40 bits per heavy atom. The van der Waals surface area contributed by atoms with Crippen LogP contribution in [0.2, 0.25) is 0 Å². The van der Waals surface area contributed by atoms with Gasteiger partial charge in [0.25, 0.3) is 5.69 Å². The topological polar surface area (TPSA) is 69.2 Å². The first kappa shape index (κ1) is 11.8. The Bertz CT molecular complexity index is 419. The number of halogens is 4. The van der Waals surface area contributed by atoms with Gasteiger partial charge in [0.05, 0.1) is 16.2 Å². The Kier molecular flexibility index (Phi) is 2.89. The summed E-state index contributed by atoms with van der Waals surface area (Å²) in [7, 11) is 0. The highest BCUT2D eigenvalue weighted by molar-refractivity contribution is 9.10. The standard InChI is InChI=1S/C7H4BrF3N2O2/c8-5-2-3(13(14)15)1-4(6(5)12)7(9,10)11/h1-2H,12H2. The number of nitrogen functional groups attached to an aromatic ring is 1. The van der Waals surface area contributed by atoms with Gasteiger partial charge in [-0.15, -0.1) is 0 Å². The van der Waals surface area contributed by atoms with E-state index in [0.29, 0.717) is 6.07 Å². The van der Waals surface area contributed by atoms with Gasteiger partial charge in [-0.2, -0.15) is 13.2 Å². The number of hydrogen-bond donors (Lipinski definition) is 1. The number of benzene rings is 1. The fraction of sp³-hybridized carbons (Fsp3) is 0.143. The first-order chi connectivity index (χ1) is 6.73. The largest absolute Gasteiger partial charge is 0.418 e. The van der Waals surface area contributed by atoms with Crippen LogP contribution in [0.25, 0.3) is 0 Å². The van der Waals surface area contributed by atoms with E-state index in [4.69, 9.17) is 5.73 Å². The van der Waals surface area contributed by atoms with Gasteiger partial charge in [0.15, 0.2) is 0 Å². The number of alkyl halides is 3. The van der Waals surface area contributed by atoms with Gasteiger partial charge >= 0.3 is 6.18 Å². The van der Waals surface area contributed by atoms with Crippen LogP contribution in [-0.4, -0.2) is 4.92 Å². The van der Waals surface area contributed by atoms with E-state index >= 15 is 0 Å². The molecule has 0 saturated heterocycles. The van der Waals surface area contributed by atoms with Gasteiger partial charge in [-0.05, 0) is 15.9 Å². The predicted octanol–water partition coefficient (Wildman–Crippen LogP) is 2.96. The van der Waals surface area contributed by atoms with Crippen molar-refractivity contribution in [2.75, 3.05) is 5.73 Å². The average Bonchev–Trinajstić information content (AvgIpc) is 2.06. The lowest BCUT2D eigenvalue weighted by Gasteiger charge is -2.10. The first-order valence-corrected chi connectivity index (χ1v) is 4.33. The van der Waals surface area contributed by atoms with Gasteiger partial charge in [0.1, 0.15) is 0 Å². The zero-order valence-electron chi connectivity index (χ0n) is 7.01. The first-order valence-electron chi connectivity index (χ1n) is 3.54. The minimum Gasteiger partial charge on any atom is -0.397 e. The molecule has 0 unspecified atom stereocenters. The SMILES string of the molecule is Nc1c(Br)cc([N+](=O)[O-])cc1C(F)(F)F. The van der Waals surface area contributed by atoms with Crippen molar-refractivity contribution in [3.8, 4) is 0 Å². The molecule has 8 heteroatoms. The van der Waals surface area contributed by atoms with Crippen LogP contribution in [0, 0.1) is 10.1 Å². The molecular formula is C7H4BrF3N2O2. The monoisotopic (exact) mass is 284 g/mol. The summed E-state index contributed by atoms with van der Waals surface area (Å²) in [5.74, 6) is 0. The van der Waals surface area contributed by atoms with E-state index in [0.717, 1.165) is 6.07 Å². The van der Waals surface area contributed by atoms with E-state index in [9.17, 15) is 23.3 Å². The summed E-state index contributed by atoms with van der Waals surface area (Å²) in [5.41, 5.74) is 2.70. The Labute approximate surface area is 90.2 Å². The molecule has 0 aliphatic heterocycles. The van der Waals surface area contributed by atoms with Crippen molar-refractivity contribution in [1.29, 1.82) is 0 Å². The maximum atomic E-state index is 12.3. The molecule has 0 saturated carbocycles. The van der Waals surface area contributed by atoms with Crippen LogP contribution >= 0.6 is 15.9 Å². The van der Waals surface area contributed by atoms with Crippen molar-refractivity contribution in [2.24, 2.45) is 0 Å². The zero-order valence-corrected chi connectivity index (χ0v) is 8.59. The number of anilines is 1. The maximum absolute atomic E-state index is 12.3. The van der Waals surface area contributed by atoms with Gasteiger partial charge in [-0.1, -0.05) is 0 Å². The molecule has 0 atom stereocenters. The van der Waals surface area contributed by atoms with Crippen LogP contribution in [0.1, 0.15) is 5.56 Å².